The highest BCUT2D eigenvalue weighted by Gasteiger charge is 2.47. The van der Waals surface area contributed by atoms with Gasteiger partial charge >= 0.3 is 12.1 Å². The van der Waals surface area contributed by atoms with Crippen LogP contribution in [-0.2, 0) is 14.3 Å². The maximum Gasteiger partial charge on any atom is 0.410 e. The van der Waals surface area contributed by atoms with Crippen molar-refractivity contribution in [2.75, 3.05) is 13.1 Å². The third-order valence-corrected chi connectivity index (χ3v) is 5.14. The predicted molar refractivity (Wildman–Crippen MR) is 94.8 cm³/mol. The summed E-state index contributed by atoms with van der Waals surface area (Å²) in [6.45, 7) is 5.92. The molecule has 3 fully saturated rings. The molecule has 0 aromatic rings. The molecule has 0 aliphatic carbocycles. The minimum atomic E-state index is -0.758. The average Bonchev–Trinajstić information content (AvgIpc) is 3.19. The molecule has 3 rings (SSSR count). The quantitative estimate of drug-likeness (QED) is 0.450. The standard InChI is InChI=1S/C17H27N5O6/c1-17(2,3)28-16(26)20-8-4-5-11(20)13(23)18-19-14(24)12-7-6-10-9-21(12)15(25)22(10)27/h10-12,27H,4-9H2,1-3H3,(H,18,23)(H,19,24)/t10-,11-,12+/m0/s1. The van der Waals surface area contributed by atoms with E-state index >= 15 is 0 Å². The van der Waals surface area contributed by atoms with Gasteiger partial charge in [0.2, 0.25) is 0 Å². The number of carbonyl (C=O) groups excluding carboxylic acids is 4. The molecular formula is C17H27N5O6. The summed E-state index contributed by atoms with van der Waals surface area (Å²) in [5, 5.41) is 10.3. The van der Waals surface area contributed by atoms with E-state index in [1.54, 1.807) is 20.8 Å². The minimum Gasteiger partial charge on any atom is -0.444 e. The lowest BCUT2D eigenvalue weighted by atomic mass is 10.0. The smallest absolute Gasteiger partial charge is 0.410 e. The van der Waals surface area contributed by atoms with Crippen LogP contribution >= 0.6 is 0 Å². The average molecular weight is 397 g/mol. The molecule has 11 nitrogen and oxygen atoms in total. The molecule has 5 amide bonds. The predicted octanol–water partition coefficient (Wildman–Crippen LogP) is 0.191. The maximum absolute atomic E-state index is 12.5. The van der Waals surface area contributed by atoms with Crippen LogP contribution < -0.4 is 10.9 Å². The van der Waals surface area contributed by atoms with Crippen molar-refractivity contribution in [3.8, 4) is 0 Å². The summed E-state index contributed by atoms with van der Waals surface area (Å²) < 4.78 is 5.33. The number of rotatable bonds is 2. The molecule has 0 saturated carbocycles. The van der Waals surface area contributed by atoms with E-state index in [9.17, 15) is 24.4 Å². The van der Waals surface area contributed by atoms with E-state index in [-0.39, 0.29) is 12.6 Å². The topological polar surface area (TPSA) is 132 Å². The molecule has 2 bridgehead atoms. The number of nitrogens with one attached hydrogen (secondary N) is 2. The maximum atomic E-state index is 12.5. The van der Waals surface area contributed by atoms with Gasteiger partial charge in [0.1, 0.15) is 17.7 Å². The second-order valence-electron chi connectivity index (χ2n) is 8.34. The SMILES string of the molecule is CC(C)(C)OC(=O)N1CCC[C@H]1C(=O)NNC(=O)[C@H]1CC[C@H]2CN1C(=O)N2O. The van der Waals surface area contributed by atoms with Crippen LogP contribution in [0.5, 0.6) is 0 Å². The van der Waals surface area contributed by atoms with Crippen LogP contribution in [0.3, 0.4) is 0 Å². The van der Waals surface area contributed by atoms with Gasteiger partial charge in [-0.25, -0.2) is 14.7 Å². The lowest BCUT2D eigenvalue weighted by Crippen LogP contribution is -2.57. The van der Waals surface area contributed by atoms with Gasteiger partial charge in [-0.3, -0.25) is 30.5 Å². The lowest BCUT2D eigenvalue weighted by Gasteiger charge is -2.30. The molecule has 3 aliphatic rings. The molecule has 3 saturated heterocycles. The largest absolute Gasteiger partial charge is 0.444 e. The number of hydroxylamine groups is 2. The van der Waals surface area contributed by atoms with Gasteiger partial charge < -0.3 is 9.64 Å². The number of hydrazine groups is 1. The number of urea groups is 1. The molecule has 11 heteroatoms. The molecule has 0 radical (unpaired) electrons. The molecule has 3 aliphatic heterocycles. The first-order valence-electron chi connectivity index (χ1n) is 9.46. The molecule has 0 aromatic carbocycles. The van der Waals surface area contributed by atoms with E-state index in [1.165, 1.54) is 9.80 Å². The fraction of sp³-hybridized carbons (Fsp3) is 0.765. The molecule has 28 heavy (non-hydrogen) atoms. The number of hydrogen-bond donors (Lipinski definition) is 3. The van der Waals surface area contributed by atoms with E-state index in [4.69, 9.17) is 4.74 Å². The van der Waals surface area contributed by atoms with Crippen LogP contribution in [0.4, 0.5) is 9.59 Å². The summed E-state index contributed by atoms with van der Waals surface area (Å²) in [6.07, 6.45) is 1.45. The van der Waals surface area contributed by atoms with E-state index in [0.29, 0.717) is 37.3 Å². The van der Waals surface area contributed by atoms with Crippen molar-refractivity contribution in [3.63, 3.8) is 0 Å². The first-order valence-corrected chi connectivity index (χ1v) is 9.46. The second-order valence-corrected chi connectivity index (χ2v) is 8.34. The summed E-state index contributed by atoms with van der Waals surface area (Å²) in [5.41, 5.74) is 4.03. The van der Waals surface area contributed by atoms with E-state index in [0.717, 1.165) is 0 Å². The van der Waals surface area contributed by atoms with Gasteiger partial charge in [0.15, 0.2) is 0 Å². The Labute approximate surface area is 162 Å². The van der Waals surface area contributed by atoms with E-state index in [2.05, 4.69) is 10.9 Å². The normalized spacial score (nSPS) is 27.1. The Bertz CT molecular complexity index is 677. The van der Waals surface area contributed by atoms with Crippen molar-refractivity contribution in [2.45, 2.75) is 70.2 Å². The number of ether oxygens (including phenoxy) is 1. The monoisotopic (exact) mass is 397 g/mol. The van der Waals surface area contributed by atoms with Crippen LogP contribution in [0.25, 0.3) is 0 Å². The van der Waals surface area contributed by atoms with Crippen LogP contribution in [0.15, 0.2) is 0 Å². The van der Waals surface area contributed by atoms with E-state index < -0.39 is 41.6 Å². The Balaban J connectivity index is 1.54. The number of nitrogens with zero attached hydrogens (tertiary/aromatic N) is 3. The van der Waals surface area contributed by atoms with Crippen LogP contribution in [-0.4, -0.2) is 80.8 Å². The van der Waals surface area contributed by atoms with Crippen molar-refractivity contribution in [3.05, 3.63) is 0 Å². The van der Waals surface area contributed by atoms with Crippen molar-refractivity contribution in [1.82, 2.24) is 25.7 Å². The Morgan fingerprint density at radius 2 is 1.71 bits per heavy atom. The van der Waals surface area contributed by atoms with Crippen molar-refractivity contribution in [1.29, 1.82) is 0 Å². The third-order valence-electron chi connectivity index (χ3n) is 5.14. The molecule has 0 spiro atoms. The highest BCUT2D eigenvalue weighted by Crippen LogP contribution is 2.28. The second kappa shape index (κ2) is 7.46. The summed E-state index contributed by atoms with van der Waals surface area (Å²) in [7, 11) is 0. The zero-order chi connectivity index (χ0) is 20.6. The summed E-state index contributed by atoms with van der Waals surface area (Å²) in [4.78, 5) is 51.8. The van der Waals surface area contributed by atoms with Crippen LogP contribution in [0, 0.1) is 0 Å². The van der Waals surface area contributed by atoms with Gasteiger partial charge in [0.25, 0.3) is 11.8 Å². The first-order chi connectivity index (χ1) is 13.1. The highest BCUT2D eigenvalue weighted by atomic mass is 16.6. The Hall–Kier alpha value is -2.56. The fourth-order valence-electron chi connectivity index (χ4n) is 3.79. The fourth-order valence-corrected chi connectivity index (χ4v) is 3.79. The van der Waals surface area contributed by atoms with Gasteiger partial charge in [-0.2, -0.15) is 0 Å². The molecule has 0 unspecified atom stereocenters. The number of fused-ring (bicyclic) bond motifs is 2. The summed E-state index contributed by atoms with van der Waals surface area (Å²) in [6, 6.07) is -2.40. The summed E-state index contributed by atoms with van der Waals surface area (Å²) >= 11 is 0. The zero-order valence-electron chi connectivity index (χ0n) is 16.3. The van der Waals surface area contributed by atoms with E-state index in [1.807, 2.05) is 0 Å². The first kappa shape index (κ1) is 20.2. The zero-order valence-corrected chi connectivity index (χ0v) is 16.3. The number of piperidine rings is 1. The number of hydrogen-bond acceptors (Lipinski definition) is 6. The molecule has 0 aromatic heterocycles. The number of amides is 5. The van der Waals surface area contributed by atoms with Crippen molar-refractivity contribution >= 4 is 23.9 Å². The van der Waals surface area contributed by atoms with Gasteiger partial charge in [-0.1, -0.05) is 0 Å². The van der Waals surface area contributed by atoms with Gasteiger partial charge in [-0.15, -0.1) is 0 Å². The van der Waals surface area contributed by atoms with Crippen molar-refractivity contribution < 1.29 is 29.1 Å². The molecule has 3 N–H and O–H groups in total. The van der Waals surface area contributed by atoms with Gasteiger partial charge in [0, 0.05) is 13.1 Å². The van der Waals surface area contributed by atoms with Gasteiger partial charge in [0.05, 0.1) is 6.04 Å². The van der Waals surface area contributed by atoms with Gasteiger partial charge in [-0.05, 0) is 46.5 Å². The third kappa shape index (κ3) is 3.98. The number of carbonyl (C=O) groups is 4. The Kier molecular flexibility index (Phi) is 5.37. The van der Waals surface area contributed by atoms with Crippen LogP contribution in [0.2, 0.25) is 0 Å². The Morgan fingerprint density at radius 1 is 1.07 bits per heavy atom. The summed E-state index contributed by atoms with van der Waals surface area (Å²) in [5.74, 6) is -1.04. The Morgan fingerprint density at radius 3 is 2.36 bits per heavy atom. The minimum absolute atomic E-state index is 0.274. The lowest BCUT2D eigenvalue weighted by molar-refractivity contribution is -0.133. The molecule has 3 heterocycles. The highest BCUT2D eigenvalue weighted by molar-refractivity contribution is 5.91. The number of likely N-dealkylation sites (tertiary alicyclic amines) is 1. The molecular weight excluding hydrogens is 370 g/mol. The van der Waals surface area contributed by atoms with Crippen LogP contribution in [0.1, 0.15) is 46.5 Å². The molecule has 156 valence electrons. The van der Waals surface area contributed by atoms with Crippen molar-refractivity contribution in [2.24, 2.45) is 0 Å². The molecule has 3 atom stereocenters.